The number of halogens is 3. The Morgan fingerprint density at radius 2 is 1.68 bits per heavy atom. The van der Waals surface area contributed by atoms with Crippen LogP contribution in [-0.4, -0.2) is 30.1 Å². The third-order valence-electron chi connectivity index (χ3n) is 6.03. The predicted molar refractivity (Wildman–Crippen MR) is 136 cm³/mol. The van der Waals surface area contributed by atoms with E-state index in [1.807, 2.05) is 37.3 Å². The third-order valence-corrected chi connectivity index (χ3v) is 6.03. The molecule has 0 aliphatic heterocycles. The summed E-state index contributed by atoms with van der Waals surface area (Å²) in [6.07, 6.45) is -2.82. The summed E-state index contributed by atoms with van der Waals surface area (Å²) in [5.74, 6) is -0.362. The topological polar surface area (TPSA) is 75.6 Å². The Bertz CT molecular complexity index is 1210. The largest absolute Gasteiger partial charge is 0.493 e. The highest BCUT2D eigenvalue weighted by Gasteiger charge is 2.30. The number of carbonyl (C=O) groups excluding carboxylic acids is 1. The number of carboxylic acids is 1. The minimum Gasteiger partial charge on any atom is -0.493 e. The summed E-state index contributed by atoms with van der Waals surface area (Å²) in [7, 11) is 0. The van der Waals surface area contributed by atoms with Crippen molar-refractivity contribution in [1.82, 2.24) is 5.32 Å². The lowest BCUT2D eigenvalue weighted by molar-refractivity contribution is -0.138. The van der Waals surface area contributed by atoms with Crippen LogP contribution in [0.1, 0.15) is 46.8 Å². The number of ether oxygens (including phenoxy) is 1. The van der Waals surface area contributed by atoms with E-state index in [9.17, 15) is 22.8 Å². The van der Waals surface area contributed by atoms with Gasteiger partial charge in [-0.05, 0) is 84.3 Å². The van der Waals surface area contributed by atoms with Crippen molar-refractivity contribution in [2.24, 2.45) is 5.92 Å². The van der Waals surface area contributed by atoms with Crippen LogP contribution in [-0.2, 0) is 17.4 Å². The smallest absolute Gasteiger partial charge is 0.416 e. The zero-order chi connectivity index (χ0) is 27.0. The van der Waals surface area contributed by atoms with Gasteiger partial charge in [0.1, 0.15) is 5.75 Å². The second kappa shape index (κ2) is 12.4. The van der Waals surface area contributed by atoms with E-state index < -0.39 is 17.7 Å². The maximum atomic E-state index is 12.9. The maximum absolute atomic E-state index is 12.9. The van der Waals surface area contributed by atoms with E-state index in [-0.39, 0.29) is 24.8 Å². The van der Waals surface area contributed by atoms with Crippen molar-refractivity contribution < 1.29 is 32.6 Å². The van der Waals surface area contributed by atoms with Crippen LogP contribution >= 0.6 is 0 Å². The summed E-state index contributed by atoms with van der Waals surface area (Å²) in [4.78, 5) is 22.6. The molecule has 1 amide bonds. The molecule has 196 valence electrons. The molecule has 3 aromatic carbocycles. The van der Waals surface area contributed by atoms with Crippen LogP contribution in [0.4, 0.5) is 13.2 Å². The first-order valence-corrected chi connectivity index (χ1v) is 12.0. The average molecular weight is 514 g/mol. The number of hydrogen-bond donors (Lipinski definition) is 2. The van der Waals surface area contributed by atoms with Crippen molar-refractivity contribution >= 4 is 11.9 Å². The van der Waals surface area contributed by atoms with Crippen molar-refractivity contribution in [3.05, 3.63) is 89.0 Å². The Kier molecular flexibility index (Phi) is 9.33. The molecule has 37 heavy (non-hydrogen) atoms. The summed E-state index contributed by atoms with van der Waals surface area (Å²) in [6.45, 7) is 4.55. The van der Waals surface area contributed by atoms with Gasteiger partial charge in [0.25, 0.3) is 5.91 Å². The molecule has 1 atom stereocenters. The number of nitrogens with one attached hydrogen (secondary N) is 1. The van der Waals surface area contributed by atoms with Gasteiger partial charge < -0.3 is 15.2 Å². The second-order valence-electron chi connectivity index (χ2n) is 9.10. The molecule has 0 fully saturated rings. The van der Waals surface area contributed by atoms with Gasteiger partial charge in [-0.15, -0.1) is 0 Å². The molecule has 3 rings (SSSR count). The van der Waals surface area contributed by atoms with Gasteiger partial charge in [-0.25, -0.2) is 0 Å². The van der Waals surface area contributed by atoms with Crippen molar-refractivity contribution in [1.29, 1.82) is 0 Å². The number of hydrogen-bond acceptors (Lipinski definition) is 3. The average Bonchev–Trinajstić information content (AvgIpc) is 2.86. The highest BCUT2D eigenvalue weighted by Crippen LogP contribution is 2.33. The molecule has 5 nitrogen and oxygen atoms in total. The molecule has 8 heteroatoms. The normalized spacial score (nSPS) is 12.1. The van der Waals surface area contributed by atoms with Crippen LogP contribution in [0, 0.1) is 12.8 Å². The van der Waals surface area contributed by atoms with Crippen molar-refractivity contribution in [2.45, 2.75) is 39.3 Å². The Labute approximate surface area is 214 Å². The fraction of sp³-hybridized carbons (Fsp3) is 0.310. The van der Waals surface area contributed by atoms with Crippen molar-refractivity contribution in [3.63, 3.8) is 0 Å². The monoisotopic (exact) mass is 513 g/mol. The van der Waals surface area contributed by atoms with E-state index in [4.69, 9.17) is 9.84 Å². The van der Waals surface area contributed by atoms with Crippen LogP contribution in [0.3, 0.4) is 0 Å². The van der Waals surface area contributed by atoms with E-state index in [2.05, 4.69) is 12.2 Å². The quantitative estimate of drug-likeness (QED) is 0.306. The van der Waals surface area contributed by atoms with Gasteiger partial charge >= 0.3 is 12.1 Å². The molecule has 0 aromatic heterocycles. The first-order chi connectivity index (χ1) is 17.5. The van der Waals surface area contributed by atoms with E-state index >= 15 is 0 Å². The van der Waals surface area contributed by atoms with E-state index in [0.717, 1.165) is 41.7 Å². The lowest BCUT2D eigenvalue weighted by Gasteiger charge is -2.15. The highest BCUT2D eigenvalue weighted by molar-refractivity contribution is 5.94. The fourth-order valence-electron chi connectivity index (χ4n) is 3.78. The molecule has 0 spiro atoms. The number of rotatable bonds is 11. The first-order valence-electron chi connectivity index (χ1n) is 12.0. The lowest BCUT2D eigenvalue weighted by atomic mass is 9.99. The molecular weight excluding hydrogens is 483 g/mol. The van der Waals surface area contributed by atoms with Gasteiger partial charge in [-0.2, -0.15) is 13.2 Å². The van der Waals surface area contributed by atoms with E-state index in [1.165, 1.54) is 12.1 Å². The minimum atomic E-state index is -4.37. The summed E-state index contributed by atoms with van der Waals surface area (Å²) in [6, 6.07) is 17.9. The molecule has 2 N–H and O–H groups in total. The van der Waals surface area contributed by atoms with Gasteiger partial charge in [0.2, 0.25) is 0 Å². The summed E-state index contributed by atoms with van der Waals surface area (Å²) < 4.78 is 44.6. The standard InChI is InChI=1S/C29H30F3NO4/c1-19(3-5-21-6-8-23(9-7-21)28(36)33-16-15-27(34)35)18-37-25-14-4-20(2)26(17-25)22-10-12-24(13-11-22)29(30,31)32/h4,6-14,17,19H,3,5,15-16,18H2,1-2H3,(H,33,36)(H,34,35). The van der Waals surface area contributed by atoms with Gasteiger partial charge in [-0.3, -0.25) is 9.59 Å². The Balaban J connectivity index is 1.51. The number of amides is 1. The van der Waals surface area contributed by atoms with E-state index in [0.29, 0.717) is 23.5 Å². The molecule has 0 aliphatic carbocycles. The number of aliphatic carboxylic acids is 1. The van der Waals surface area contributed by atoms with Crippen LogP contribution in [0.2, 0.25) is 0 Å². The van der Waals surface area contributed by atoms with Gasteiger partial charge in [0.05, 0.1) is 18.6 Å². The lowest BCUT2D eigenvalue weighted by Crippen LogP contribution is -2.25. The number of carbonyl (C=O) groups is 2. The molecule has 0 radical (unpaired) electrons. The highest BCUT2D eigenvalue weighted by atomic mass is 19.4. The second-order valence-corrected chi connectivity index (χ2v) is 9.10. The number of carboxylic acid groups (broad SMARTS) is 1. The first kappa shape index (κ1) is 27.8. The molecule has 1 unspecified atom stereocenters. The molecule has 0 saturated heterocycles. The van der Waals surface area contributed by atoms with Crippen LogP contribution in [0.25, 0.3) is 11.1 Å². The Morgan fingerprint density at radius 1 is 1.00 bits per heavy atom. The van der Waals surface area contributed by atoms with E-state index in [1.54, 1.807) is 12.1 Å². The Hall–Kier alpha value is -3.81. The predicted octanol–water partition coefficient (Wildman–Crippen LogP) is 6.53. The molecular formula is C29H30F3NO4. The van der Waals surface area contributed by atoms with Crippen molar-refractivity contribution in [2.75, 3.05) is 13.2 Å². The molecule has 0 heterocycles. The minimum absolute atomic E-state index is 0.0836. The third kappa shape index (κ3) is 8.37. The molecule has 0 bridgehead atoms. The summed E-state index contributed by atoms with van der Waals surface area (Å²) in [5, 5.41) is 11.2. The Morgan fingerprint density at radius 3 is 2.30 bits per heavy atom. The molecule has 3 aromatic rings. The number of benzene rings is 3. The van der Waals surface area contributed by atoms with Crippen molar-refractivity contribution in [3.8, 4) is 16.9 Å². The van der Waals surface area contributed by atoms with Gasteiger partial charge in [0.15, 0.2) is 0 Å². The molecule has 0 aliphatic rings. The number of aryl methyl sites for hydroxylation is 2. The summed E-state index contributed by atoms with van der Waals surface area (Å²) >= 11 is 0. The molecule has 0 saturated carbocycles. The van der Waals surface area contributed by atoms with Gasteiger partial charge in [0, 0.05) is 12.1 Å². The maximum Gasteiger partial charge on any atom is 0.416 e. The number of alkyl halides is 3. The van der Waals surface area contributed by atoms with Crippen LogP contribution in [0.15, 0.2) is 66.7 Å². The van der Waals surface area contributed by atoms with Gasteiger partial charge in [-0.1, -0.05) is 37.3 Å². The van der Waals surface area contributed by atoms with Crippen LogP contribution < -0.4 is 10.1 Å². The SMILES string of the molecule is Cc1ccc(OCC(C)CCc2ccc(C(=O)NCCC(=O)O)cc2)cc1-c1ccc(C(F)(F)F)cc1. The van der Waals surface area contributed by atoms with Crippen LogP contribution in [0.5, 0.6) is 5.75 Å². The summed E-state index contributed by atoms with van der Waals surface area (Å²) in [5.41, 5.74) is 3.35. The fourth-order valence-corrected chi connectivity index (χ4v) is 3.78. The zero-order valence-electron chi connectivity index (χ0n) is 20.8. The zero-order valence-corrected chi connectivity index (χ0v) is 20.8.